The van der Waals surface area contributed by atoms with Crippen molar-refractivity contribution in [3.63, 3.8) is 0 Å². The first kappa shape index (κ1) is 37.4. The van der Waals surface area contributed by atoms with Crippen LogP contribution in [0, 0.1) is 13.8 Å². The zero-order chi connectivity index (χ0) is 37.4. The minimum absolute atomic E-state index is 0.0729. The number of amides is 3. The average molecular weight is 741 g/mol. The van der Waals surface area contributed by atoms with E-state index in [4.69, 9.17) is 18.3 Å². The van der Waals surface area contributed by atoms with Gasteiger partial charge in [-0.3, -0.25) is 18.6 Å². The molecule has 276 valence electrons. The Morgan fingerprint density at radius 1 is 0.906 bits per heavy atom. The van der Waals surface area contributed by atoms with Gasteiger partial charge in [-0.2, -0.15) is 5.10 Å². The van der Waals surface area contributed by atoms with Crippen LogP contribution in [0.25, 0.3) is 5.52 Å². The van der Waals surface area contributed by atoms with E-state index in [2.05, 4.69) is 20.7 Å². The summed E-state index contributed by atoms with van der Waals surface area (Å²) in [5.74, 6) is -0.525. The summed E-state index contributed by atoms with van der Waals surface area (Å²) in [6, 6.07) is 23.2. The lowest BCUT2D eigenvalue weighted by Gasteiger charge is -2.25. The molecule has 2 aromatic heterocycles. The maximum absolute atomic E-state index is 14.2. The number of anilines is 2. The van der Waals surface area contributed by atoms with Crippen molar-refractivity contribution in [2.24, 2.45) is 0 Å². The number of fused-ring (bicyclic) bond motifs is 1. The van der Waals surface area contributed by atoms with Gasteiger partial charge in [0, 0.05) is 24.3 Å². The number of hydrogen-bond acceptors (Lipinski definition) is 10. The van der Waals surface area contributed by atoms with Crippen molar-refractivity contribution in [3.05, 3.63) is 125 Å². The molecule has 53 heavy (non-hydrogen) atoms. The van der Waals surface area contributed by atoms with Crippen LogP contribution in [-0.4, -0.2) is 51.9 Å². The molecule has 6 rings (SSSR count). The molecule has 2 N–H and O–H groups in total. The number of aromatic nitrogens is 3. The van der Waals surface area contributed by atoms with Crippen molar-refractivity contribution in [1.29, 1.82) is 0 Å². The van der Waals surface area contributed by atoms with Gasteiger partial charge in [-0.15, -0.1) is 0 Å². The van der Waals surface area contributed by atoms with Crippen LogP contribution in [0.15, 0.2) is 91.4 Å². The van der Waals surface area contributed by atoms with E-state index in [0.717, 1.165) is 30.4 Å². The molecular formula is C38H41N6O8P. The average Bonchev–Trinajstić information content (AvgIpc) is 3.93. The monoisotopic (exact) mass is 740 g/mol. The molecule has 3 aromatic carbocycles. The molecule has 0 bridgehead atoms. The first-order valence-corrected chi connectivity index (χ1v) is 18.7. The summed E-state index contributed by atoms with van der Waals surface area (Å²) < 4.78 is 37.9. The number of nitrogens with zero attached hydrogens (tertiary/aromatic N) is 4. The van der Waals surface area contributed by atoms with Crippen LogP contribution in [0.2, 0.25) is 0 Å². The SMILES string of the molecule is CCCNC(=O)c1cn2ncnc(N(C(=O)OCOP(=O)(OCc3ccccc3)OCc3ccccc3)c3cc(C(=O)NC4CC4)ccc3C)c2c1C. The Hall–Kier alpha value is -5.40. The molecule has 2 heterocycles. The minimum atomic E-state index is -4.31. The van der Waals surface area contributed by atoms with Crippen molar-refractivity contribution >= 4 is 42.8 Å². The van der Waals surface area contributed by atoms with E-state index in [1.807, 2.05) is 43.3 Å². The van der Waals surface area contributed by atoms with Crippen molar-refractivity contribution in [2.75, 3.05) is 18.2 Å². The van der Waals surface area contributed by atoms with E-state index < -0.39 is 20.7 Å². The van der Waals surface area contributed by atoms with Crippen LogP contribution in [-0.2, 0) is 36.1 Å². The van der Waals surface area contributed by atoms with Crippen molar-refractivity contribution in [3.8, 4) is 0 Å². The molecule has 0 atom stereocenters. The predicted octanol–water partition coefficient (Wildman–Crippen LogP) is 7.17. The molecule has 0 aliphatic heterocycles. The summed E-state index contributed by atoms with van der Waals surface area (Å²) in [7, 11) is -4.31. The molecule has 0 spiro atoms. The van der Waals surface area contributed by atoms with E-state index in [9.17, 15) is 18.9 Å². The van der Waals surface area contributed by atoms with Gasteiger partial charge in [-0.05, 0) is 67.5 Å². The molecule has 1 fully saturated rings. The Kier molecular flexibility index (Phi) is 12.0. The van der Waals surface area contributed by atoms with Gasteiger partial charge in [0.2, 0.25) is 6.79 Å². The summed E-state index contributed by atoms with van der Waals surface area (Å²) in [4.78, 5) is 46.1. The fourth-order valence-electron chi connectivity index (χ4n) is 5.43. The normalized spacial score (nSPS) is 12.7. The maximum Gasteiger partial charge on any atom is 0.478 e. The number of carbonyl (C=O) groups excluding carboxylic acids is 3. The maximum atomic E-state index is 14.2. The molecular weight excluding hydrogens is 699 g/mol. The summed E-state index contributed by atoms with van der Waals surface area (Å²) in [5.41, 5.74) is 3.86. The number of hydrogen-bond donors (Lipinski definition) is 2. The lowest BCUT2D eigenvalue weighted by Crippen LogP contribution is -2.30. The van der Waals surface area contributed by atoms with Gasteiger partial charge >= 0.3 is 13.9 Å². The second-order valence-corrected chi connectivity index (χ2v) is 14.2. The van der Waals surface area contributed by atoms with Crippen molar-refractivity contribution in [2.45, 2.75) is 59.3 Å². The third-order valence-electron chi connectivity index (χ3n) is 8.46. The number of carbonyl (C=O) groups is 3. The van der Waals surface area contributed by atoms with E-state index in [1.54, 1.807) is 62.5 Å². The standard InChI is InChI=1S/C38H41N6O8P/c1-4-19-39-37(46)32-21-43-34(27(32)3)35(40-24-41-43)44(33-20-30(16-15-26(33)2)36(45)42-31-17-18-31)38(47)49-25-52-53(48,50-22-28-11-7-5-8-12-28)51-23-29-13-9-6-10-14-29/h5-16,20-21,24,31H,4,17-19,22-23,25H2,1-3H3,(H,39,46)(H,42,45). The van der Waals surface area contributed by atoms with Gasteiger partial charge in [0.15, 0.2) is 5.82 Å². The molecule has 0 radical (unpaired) electrons. The number of aryl methyl sites for hydroxylation is 2. The van der Waals surface area contributed by atoms with Gasteiger partial charge in [-0.25, -0.2) is 28.3 Å². The highest BCUT2D eigenvalue weighted by Gasteiger charge is 2.32. The number of ether oxygens (including phenoxy) is 1. The largest absolute Gasteiger partial charge is 0.478 e. The molecule has 15 heteroatoms. The topological polar surface area (TPSA) is 163 Å². The highest BCUT2D eigenvalue weighted by atomic mass is 31.2. The Balaban J connectivity index is 1.31. The summed E-state index contributed by atoms with van der Waals surface area (Å²) in [6.45, 7) is 4.90. The summed E-state index contributed by atoms with van der Waals surface area (Å²) >= 11 is 0. The second kappa shape index (κ2) is 17.0. The van der Waals surface area contributed by atoms with Crippen LogP contribution in [0.4, 0.5) is 16.3 Å². The predicted molar refractivity (Wildman–Crippen MR) is 197 cm³/mol. The van der Waals surface area contributed by atoms with Crippen LogP contribution >= 0.6 is 7.82 Å². The number of benzene rings is 3. The molecule has 1 aliphatic carbocycles. The number of phosphoric ester groups is 1. The smallest absolute Gasteiger partial charge is 0.421 e. The van der Waals surface area contributed by atoms with Gasteiger partial charge in [0.25, 0.3) is 11.8 Å². The fraction of sp³-hybridized carbons (Fsp3) is 0.289. The Morgan fingerprint density at radius 2 is 1.57 bits per heavy atom. The summed E-state index contributed by atoms with van der Waals surface area (Å²) in [5, 5.41) is 10.1. The first-order chi connectivity index (χ1) is 25.7. The third kappa shape index (κ3) is 9.34. The zero-order valence-electron chi connectivity index (χ0n) is 29.7. The lowest BCUT2D eigenvalue weighted by atomic mass is 10.1. The van der Waals surface area contributed by atoms with E-state index in [-0.39, 0.29) is 42.6 Å². The van der Waals surface area contributed by atoms with E-state index in [1.165, 1.54) is 15.7 Å². The molecule has 1 saturated carbocycles. The highest BCUT2D eigenvalue weighted by molar-refractivity contribution is 7.48. The number of nitrogens with one attached hydrogen (secondary N) is 2. The van der Waals surface area contributed by atoms with E-state index >= 15 is 0 Å². The van der Waals surface area contributed by atoms with Gasteiger partial charge in [0.05, 0.1) is 24.5 Å². The van der Waals surface area contributed by atoms with Crippen molar-refractivity contribution in [1.82, 2.24) is 25.2 Å². The Morgan fingerprint density at radius 3 is 2.19 bits per heavy atom. The fourth-order valence-corrected chi connectivity index (χ4v) is 6.45. The van der Waals surface area contributed by atoms with Gasteiger partial charge in [0.1, 0.15) is 11.8 Å². The molecule has 0 unspecified atom stereocenters. The second-order valence-electron chi connectivity index (χ2n) is 12.5. The molecule has 3 amide bonds. The molecule has 1 aliphatic rings. The highest BCUT2D eigenvalue weighted by Crippen LogP contribution is 2.51. The van der Waals surface area contributed by atoms with Crippen LogP contribution in [0.5, 0.6) is 0 Å². The van der Waals surface area contributed by atoms with Gasteiger partial charge in [-0.1, -0.05) is 73.7 Å². The zero-order valence-corrected chi connectivity index (χ0v) is 30.6. The van der Waals surface area contributed by atoms with Crippen LogP contribution in [0.3, 0.4) is 0 Å². The lowest BCUT2D eigenvalue weighted by molar-refractivity contribution is 0.0207. The first-order valence-electron chi connectivity index (χ1n) is 17.3. The van der Waals surface area contributed by atoms with Crippen molar-refractivity contribution < 1.29 is 37.3 Å². The van der Waals surface area contributed by atoms with Crippen LogP contribution in [0.1, 0.15) is 69.2 Å². The molecule has 5 aromatic rings. The molecule has 0 saturated heterocycles. The third-order valence-corrected chi connectivity index (χ3v) is 9.78. The molecule has 14 nitrogen and oxygen atoms in total. The Bertz CT molecular complexity index is 2080. The van der Waals surface area contributed by atoms with Gasteiger partial charge < -0.3 is 15.4 Å². The summed E-state index contributed by atoms with van der Waals surface area (Å²) in [6.07, 6.45) is 4.37. The minimum Gasteiger partial charge on any atom is -0.421 e. The Labute approximate surface area is 307 Å². The quantitative estimate of drug-likeness (QED) is 0.0784. The number of phosphoric acid groups is 1. The van der Waals surface area contributed by atoms with Crippen LogP contribution < -0.4 is 15.5 Å². The van der Waals surface area contributed by atoms with E-state index in [0.29, 0.717) is 34.3 Å². The number of rotatable bonds is 16.